The Hall–Kier alpha value is -6.22. The van der Waals surface area contributed by atoms with E-state index >= 15 is 0 Å². The third-order valence-electron chi connectivity index (χ3n) is 11.1. The van der Waals surface area contributed by atoms with Crippen molar-refractivity contribution in [2.75, 3.05) is 18.6 Å². The average molecular weight is 885 g/mol. The number of para-hydroxylation sites is 1. The van der Waals surface area contributed by atoms with Crippen molar-refractivity contribution in [3.63, 3.8) is 0 Å². The quantitative estimate of drug-likeness (QED) is 0.0436. The first-order chi connectivity index (χ1) is 30.5. The molecule has 8 rings (SSSR count). The highest BCUT2D eigenvalue weighted by molar-refractivity contribution is 7.54. The molecule has 16 heteroatoms. The zero-order chi connectivity index (χ0) is 44.0. The van der Waals surface area contributed by atoms with Crippen LogP contribution in [-0.4, -0.2) is 59.2 Å². The number of benzene rings is 4. The summed E-state index contributed by atoms with van der Waals surface area (Å²) in [5.41, 5.74) is 1.52. The van der Waals surface area contributed by atoms with Crippen LogP contribution in [0.3, 0.4) is 0 Å². The lowest BCUT2D eigenvalue weighted by atomic mass is 10.1. The highest BCUT2D eigenvalue weighted by Gasteiger charge is 2.54. The monoisotopic (exact) mass is 884 g/mol. The molecule has 7 aromatic rings. The number of nitrogens with zero attached hydrogens (tertiary/aromatic N) is 5. The minimum absolute atomic E-state index is 0.0781. The second kappa shape index (κ2) is 18.6. The first-order valence-corrected chi connectivity index (χ1v) is 24.3. The number of anilines is 1. The van der Waals surface area contributed by atoms with Gasteiger partial charge in [0.05, 0.1) is 37.9 Å². The summed E-state index contributed by atoms with van der Waals surface area (Å²) in [7, 11) is -5.64. The molecule has 0 aliphatic carbocycles. The number of carbonyl (C=O) groups is 1. The van der Waals surface area contributed by atoms with Gasteiger partial charge in [-0.1, -0.05) is 118 Å². The van der Waals surface area contributed by atoms with Gasteiger partial charge in [-0.25, -0.2) is 19.5 Å². The second-order valence-corrected chi connectivity index (χ2v) is 22.6. The Morgan fingerprint density at radius 2 is 1.52 bits per heavy atom. The maximum Gasteiger partial charge on any atom is 0.379 e. The van der Waals surface area contributed by atoms with Crippen LogP contribution >= 0.6 is 7.60 Å². The summed E-state index contributed by atoms with van der Waals surface area (Å²) in [6.45, 7) is 6.34. The van der Waals surface area contributed by atoms with Crippen LogP contribution in [0.1, 0.15) is 55.9 Å². The van der Waals surface area contributed by atoms with Gasteiger partial charge in [-0.2, -0.15) is 4.73 Å². The number of imidazole rings is 1. The standard InChI is InChI=1S/C47H49N6O8PSi/c1-47(2,3)63(38-21-13-7-14-22-38,39-23-15-8-16-24-39)61-41-30-42(52-33-50-43-44(48-32-49-45(43)52)51-46(54)34-17-9-5-10-18-34)59-40(41)26-28-62(56,60-36-19-11-6-12-20-36)58-31-35-29-37(57-4)25-27-53(35)55/h5-25,27,29,32-33,40-42H,26,28,30-31H2,1-4H3,(H,48,49,51,54)/t40-,41+,42-,62?/m1/s1. The van der Waals surface area contributed by atoms with Crippen LogP contribution in [0.4, 0.5) is 5.82 Å². The molecule has 1 aliphatic rings. The van der Waals surface area contributed by atoms with E-state index in [-0.39, 0.29) is 41.6 Å². The van der Waals surface area contributed by atoms with Crippen LogP contribution in [0.15, 0.2) is 152 Å². The van der Waals surface area contributed by atoms with Crippen LogP contribution in [-0.2, 0) is 24.9 Å². The summed E-state index contributed by atoms with van der Waals surface area (Å²) in [5, 5.41) is 17.5. The highest BCUT2D eigenvalue weighted by Crippen LogP contribution is 2.51. The van der Waals surface area contributed by atoms with E-state index in [1.54, 1.807) is 54.9 Å². The Morgan fingerprint density at radius 3 is 2.16 bits per heavy atom. The predicted molar refractivity (Wildman–Crippen MR) is 242 cm³/mol. The van der Waals surface area contributed by atoms with Crippen molar-refractivity contribution >= 4 is 49.2 Å². The zero-order valence-corrected chi connectivity index (χ0v) is 37.3. The van der Waals surface area contributed by atoms with Gasteiger partial charge in [0.2, 0.25) is 5.69 Å². The molecule has 324 valence electrons. The van der Waals surface area contributed by atoms with E-state index in [1.807, 2.05) is 53.1 Å². The van der Waals surface area contributed by atoms with Crippen molar-refractivity contribution in [2.24, 2.45) is 0 Å². The molecule has 1 unspecified atom stereocenters. The average Bonchev–Trinajstić information content (AvgIpc) is 3.92. The van der Waals surface area contributed by atoms with Crippen LogP contribution in [0.25, 0.3) is 11.2 Å². The Morgan fingerprint density at radius 1 is 0.889 bits per heavy atom. The summed E-state index contributed by atoms with van der Waals surface area (Å²) < 4.78 is 49.8. The van der Waals surface area contributed by atoms with Crippen molar-refractivity contribution in [2.45, 2.75) is 63.7 Å². The molecule has 1 N–H and O–H groups in total. The summed E-state index contributed by atoms with van der Waals surface area (Å²) >= 11 is 0. The minimum atomic E-state index is -3.99. The molecular weight excluding hydrogens is 836 g/mol. The van der Waals surface area contributed by atoms with Crippen molar-refractivity contribution in [1.82, 2.24) is 19.5 Å². The number of rotatable bonds is 16. The van der Waals surface area contributed by atoms with Crippen LogP contribution < -0.4 is 29.7 Å². The van der Waals surface area contributed by atoms with E-state index < -0.39 is 34.3 Å². The molecule has 3 aromatic heterocycles. The summed E-state index contributed by atoms with van der Waals surface area (Å²) in [6.07, 6.45) is 3.00. The number of pyridine rings is 1. The Kier molecular flexibility index (Phi) is 12.8. The van der Waals surface area contributed by atoms with Gasteiger partial charge in [0, 0.05) is 18.1 Å². The number of aromatic nitrogens is 5. The number of hydrogen-bond donors (Lipinski definition) is 1. The van der Waals surface area contributed by atoms with Gasteiger partial charge < -0.3 is 28.9 Å². The lowest BCUT2D eigenvalue weighted by molar-refractivity contribution is -0.616. The smallest absolute Gasteiger partial charge is 0.379 e. The van der Waals surface area contributed by atoms with Crippen molar-refractivity contribution in [1.29, 1.82) is 0 Å². The largest absolute Gasteiger partial charge is 0.618 e. The molecular formula is C47H49N6O8PSi. The number of nitrogens with one attached hydrogen (secondary N) is 1. The third kappa shape index (κ3) is 9.43. The molecule has 4 heterocycles. The van der Waals surface area contributed by atoms with E-state index in [9.17, 15) is 14.6 Å². The molecule has 0 radical (unpaired) electrons. The summed E-state index contributed by atoms with van der Waals surface area (Å²) in [5.74, 6) is 0.735. The molecule has 1 amide bonds. The number of hydrogen-bond acceptors (Lipinski definition) is 11. The van der Waals surface area contributed by atoms with Crippen molar-refractivity contribution in [3.05, 3.63) is 169 Å². The topological polar surface area (TPSA) is 163 Å². The molecule has 1 fully saturated rings. The minimum Gasteiger partial charge on any atom is -0.618 e. The molecule has 4 aromatic carbocycles. The fraction of sp³-hybridized carbons (Fsp3) is 0.255. The molecule has 4 atom stereocenters. The molecule has 1 saturated heterocycles. The highest BCUT2D eigenvalue weighted by atomic mass is 31.2. The molecule has 14 nitrogen and oxygen atoms in total. The van der Waals surface area contributed by atoms with E-state index in [4.69, 9.17) is 22.9 Å². The maximum absolute atomic E-state index is 14.9. The first-order valence-electron chi connectivity index (χ1n) is 20.7. The zero-order valence-electron chi connectivity index (χ0n) is 35.4. The van der Waals surface area contributed by atoms with Crippen LogP contribution in [0.5, 0.6) is 11.5 Å². The van der Waals surface area contributed by atoms with E-state index in [1.165, 1.54) is 31.8 Å². The normalized spacial score (nSPS) is 17.6. The molecule has 0 saturated carbocycles. The van der Waals surface area contributed by atoms with E-state index in [0.717, 1.165) is 10.4 Å². The fourth-order valence-corrected chi connectivity index (χ4v) is 14.4. The predicted octanol–water partition coefficient (Wildman–Crippen LogP) is 7.83. The number of amides is 1. The number of ether oxygens (including phenoxy) is 2. The lowest BCUT2D eigenvalue weighted by Crippen LogP contribution is -2.68. The fourth-order valence-electron chi connectivity index (χ4n) is 8.07. The molecule has 0 bridgehead atoms. The van der Waals surface area contributed by atoms with Gasteiger partial charge >= 0.3 is 7.60 Å². The number of fused-ring (bicyclic) bond motifs is 1. The van der Waals surface area contributed by atoms with E-state index in [0.29, 0.717) is 39.4 Å². The van der Waals surface area contributed by atoms with Crippen LogP contribution in [0, 0.1) is 5.21 Å². The second-order valence-electron chi connectivity index (χ2n) is 16.2. The number of methoxy groups -OCH3 is 1. The summed E-state index contributed by atoms with van der Waals surface area (Å²) in [4.78, 5) is 26.8. The van der Waals surface area contributed by atoms with E-state index in [2.05, 4.69) is 65.3 Å². The van der Waals surface area contributed by atoms with Gasteiger partial charge in [0.15, 0.2) is 23.2 Å². The van der Waals surface area contributed by atoms with Gasteiger partial charge in [-0.3, -0.25) is 13.9 Å². The molecule has 63 heavy (non-hydrogen) atoms. The van der Waals surface area contributed by atoms with Crippen LogP contribution in [0.2, 0.25) is 5.04 Å². The number of carbonyl (C=O) groups excluding carboxylic acids is 1. The Labute approximate surface area is 367 Å². The molecule has 0 spiro atoms. The maximum atomic E-state index is 14.9. The van der Waals surface area contributed by atoms with Gasteiger partial charge in [-0.05, 0) is 46.1 Å². The van der Waals surface area contributed by atoms with Gasteiger partial charge in [-0.15, -0.1) is 0 Å². The first kappa shape index (κ1) is 43.4. The lowest BCUT2D eigenvalue weighted by Gasteiger charge is -2.45. The SMILES string of the molecule is COc1cc[n+]([O-])c(COP(=O)(CC[C@H]2O[C@@H](n3cnc4c(NC(=O)c5ccccc5)ncnc43)C[C@@H]2O[Si](c2ccccc2)(c2ccccc2)C(C)(C)C)Oc2ccccc2)c1. The van der Waals surface area contributed by atoms with Crippen molar-refractivity contribution in [3.8, 4) is 11.5 Å². The van der Waals surface area contributed by atoms with Crippen molar-refractivity contribution < 1.29 is 37.0 Å². The Balaban J connectivity index is 1.16. The van der Waals surface area contributed by atoms with Gasteiger partial charge in [0.25, 0.3) is 14.2 Å². The third-order valence-corrected chi connectivity index (χ3v) is 18.0. The van der Waals surface area contributed by atoms with Gasteiger partial charge in [0.1, 0.15) is 30.7 Å². The summed E-state index contributed by atoms with van der Waals surface area (Å²) in [6, 6.07) is 41.4. The molecule has 1 aliphatic heterocycles. The Bertz CT molecular complexity index is 2650.